The molecule has 0 saturated heterocycles. The summed E-state index contributed by atoms with van der Waals surface area (Å²) in [4.78, 5) is 17.8. The van der Waals surface area contributed by atoms with Gasteiger partial charge in [-0.25, -0.2) is 0 Å². The van der Waals surface area contributed by atoms with Gasteiger partial charge in [0.2, 0.25) is 12.2 Å². The average molecular weight is 186 g/mol. The van der Waals surface area contributed by atoms with E-state index in [-0.39, 0.29) is 6.41 Å². The van der Waals surface area contributed by atoms with Gasteiger partial charge in [-0.1, -0.05) is 12.1 Å². The van der Waals surface area contributed by atoms with Crippen LogP contribution in [-0.4, -0.2) is 11.3 Å². The van der Waals surface area contributed by atoms with E-state index < -0.39 is 16.4 Å². The van der Waals surface area contributed by atoms with Crippen LogP contribution in [0.1, 0.15) is 0 Å². The Labute approximate surface area is 73.1 Å². The van der Waals surface area contributed by atoms with Gasteiger partial charge in [-0.15, -0.1) is 0 Å². The van der Waals surface area contributed by atoms with Crippen LogP contribution in [0.25, 0.3) is 0 Å². The number of para-hydroxylation sites is 1. The number of halogens is 1. The van der Waals surface area contributed by atoms with Crippen LogP contribution in [0.2, 0.25) is 0 Å². The summed E-state index contributed by atoms with van der Waals surface area (Å²) in [6.45, 7) is 0. The molecule has 0 unspecified atom stereocenters. The maximum atomic E-state index is 12.4. The molecule has 1 aromatic carbocycles. The monoisotopic (exact) mass is 186 g/mol. The van der Waals surface area contributed by atoms with Gasteiger partial charge in [0.05, 0.1) is 4.92 Å². The number of rotatable bonds is 1. The molecular weight excluding hydrogens is 179 g/mol. The van der Waals surface area contributed by atoms with Crippen LogP contribution in [-0.2, 0) is 4.79 Å². The lowest BCUT2D eigenvalue weighted by Gasteiger charge is -1.89. The van der Waals surface area contributed by atoms with E-state index >= 15 is 0 Å². The van der Waals surface area contributed by atoms with Crippen LogP contribution in [0, 0.1) is 15.9 Å². The second-order valence-electron chi connectivity index (χ2n) is 1.84. The lowest BCUT2D eigenvalue weighted by Crippen LogP contribution is -1.90. The van der Waals surface area contributed by atoms with Crippen molar-refractivity contribution in [3.8, 4) is 0 Å². The number of primary amides is 1. The molecule has 0 saturated carbocycles. The summed E-state index contributed by atoms with van der Waals surface area (Å²) in [5, 5.41) is 9.99. The molecule has 0 heterocycles. The standard InChI is InChI=1S/C6H4FNO2.CH3NO/c7-5-3-1-2-4-6(5)8(9)10;2-1-3/h1-4H;1H,(H2,2,3). The molecule has 5 nitrogen and oxygen atoms in total. The number of hydrogen-bond donors (Lipinski definition) is 1. The lowest BCUT2D eigenvalue weighted by atomic mass is 10.3. The molecule has 0 aliphatic rings. The predicted octanol–water partition coefficient (Wildman–Crippen LogP) is 0.835. The summed E-state index contributed by atoms with van der Waals surface area (Å²) in [5.74, 6) is -0.799. The second-order valence-corrected chi connectivity index (χ2v) is 1.84. The molecular formula is C7H7FN2O3. The third-order valence-electron chi connectivity index (χ3n) is 1.05. The molecule has 0 aromatic heterocycles. The zero-order valence-corrected chi connectivity index (χ0v) is 6.51. The van der Waals surface area contributed by atoms with Crippen molar-refractivity contribution in [2.75, 3.05) is 0 Å². The Kier molecular flexibility index (Phi) is 4.78. The van der Waals surface area contributed by atoms with E-state index in [1.807, 2.05) is 0 Å². The Morgan fingerprint density at radius 1 is 1.46 bits per heavy atom. The van der Waals surface area contributed by atoms with Crippen molar-refractivity contribution >= 4 is 12.1 Å². The molecule has 1 amide bonds. The van der Waals surface area contributed by atoms with E-state index in [2.05, 4.69) is 5.73 Å². The lowest BCUT2D eigenvalue weighted by molar-refractivity contribution is -0.387. The van der Waals surface area contributed by atoms with Gasteiger partial charge in [0.15, 0.2) is 0 Å². The van der Waals surface area contributed by atoms with Gasteiger partial charge < -0.3 is 5.73 Å². The van der Waals surface area contributed by atoms with Crippen molar-refractivity contribution in [1.29, 1.82) is 0 Å². The minimum atomic E-state index is -0.799. The van der Waals surface area contributed by atoms with Crippen LogP contribution in [0.4, 0.5) is 10.1 Å². The number of carbonyl (C=O) groups excluding carboxylic acids is 1. The normalized spacial score (nSPS) is 8.08. The molecule has 0 aliphatic heterocycles. The highest BCUT2D eigenvalue weighted by atomic mass is 19.1. The van der Waals surface area contributed by atoms with E-state index in [1.54, 1.807) is 0 Å². The van der Waals surface area contributed by atoms with E-state index in [9.17, 15) is 14.5 Å². The van der Waals surface area contributed by atoms with Crippen molar-refractivity contribution < 1.29 is 14.1 Å². The van der Waals surface area contributed by atoms with Gasteiger partial charge in [-0.05, 0) is 6.07 Å². The third kappa shape index (κ3) is 3.80. The van der Waals surface area contributed by atoms with Gasteiger partial charge in [-0.2, -0.15) is 4.39 Å². The molecule has 0 bridgehead atoms. The number of benzene rings is 1. The molecule has 70 valence electrons. The van der Waals surface area contributed by atoms with Gasteiger partial charge in [0.25, 0.3) is 0 Å². The molecule has 6 heteroatoms. The molecule has 0 aliphatic carbocycles. The number of nitro groups is 1. The first-order chi connectivity index (χ1) is 6.13. The first-order valence-electron chi connectivity index (χ1n) is 3.17. The molecule has 13 heavy (non-hydrogen) atoms. The smallest absolute Gasteiger partial charge is 0.304 e. The largest absolute Gasteiger partial charge is 0.372 e. The Bertz CT molecular complexity index is 304. The molecule has 0 spiro atoms. The summed E-state index contributed by atoms with van der Waals surface area (Å²) in [6, 6.07) is 5.00. The number of nitrogens with two attached hydrogens (primary N) is 1. The predicted molar refractivity (Wildman–Crippen MR) is 43.3 cm³/mol. The summed E-state index contributed by atoms with van der Waals surface area (Å²) >= 11 is 0. The summed E-state index contributed by atoms with van der Waals surface area (Å²) < 4.78 is 12.4. The Balaban J connectivity index is 0.000000424. The minimum Gasteiger partial charge on any atom is -0.372 e. The van der Waals surface area contributed by atoms with Crippen molar-refractivity contribution in [3.05, 3.63) is 40.2 Å². The maximum Gasteiger partial charge on any atom is 0.304 e. The second kappa shape index (κ2) is 5.64. The first-order valence-corrected chi connectivity index (χ1v) is 3.17. The number of carbonyl (C=O) groups is 1. The highest BCUT2D eigenvalue weighted by Gasteiger charge is 2.09. The number of nitrogens with zero attached hydrogens (tertiary/aromatic N) is 1. The molecule has 2 N–H and O–H groups in total. The van der Waals surface area contributed by atoms with E-state index in [0.29, 0.717) is 0 Å². The molecule has 1 aromatic rings. The topological polar surface area (TPSA) is 86.2 Å². The molecule has 1 rings (SSSR count). The minimum absolute atomic E-state index is 0.250. The molecule has 0 atom stereocenters. The third-order valence-corrected chi connectivity index (χ3v) is 1.05. The number of nitro benzene ring substituents is 1. The van der Waals surface area contributed by atoms with Crippen molar-refractivity contribution in [3.63, 3.8) is 0 Å². The Morgan fingerprint density at radius 2 is 1.92 bits per heavy atom. The van der Waals surface area contributed by atoms with Gasteiger partial charge in [0.1, 0.15) is 0 Å². The van der Waals surface area contributed by atoms with E-state index in [4.69, 9.17) is 4.79 Å². The van der Waals surface area contributed by atoms with Crippen molar-refractivity contribution in [1.82, 2.24) is 0 Å². The molecule has 0 radical (unpaired) electrons. The zero-order valence-electron chi connectivity index (χ0n) is 6.51. The summed E-state index contributed by atoms with van der Waals surface area (Å²) in [6.07, 6.45) is 0.250. The fourth-order valence-electron chi connectivity index (χ4n) is 0.600. The summed E-state index contributed by atoms with van der Waals surface area (Å²) in [7, 11) is 0. The first kappa shape index (κ1) is 11.0. The summed E-state index contributed by atoms with van der Waals surface area (Å²) in [5.41, 5.74) is 3.68. The van der Waals surface area contributed by atoms with Crippen molar-refractivity contribution in [2.24, 2.45) is 5.73 Å². The highest BCUT2D eigenvalue weighted by molar-refractivity contribution is 5.42. The van der Waals surface area contributed by atoms with E-state index in [1.165, 1.54) is 12.1 Å². The van der Waals surface area contributed by atoms with Crippen molar-refractivity contribution in [2.45, 2.75) is 0 Å². The van der Waals surface area contributed by atoms with Crippen LogP contribution < -0.4 is 5.73 Å². The van der Waals surface area contributed by atoms with Gasteiger partial charge >= 0.3 is 5.69 Å². The zero-order chi connectivity index (χ0) is 10.3. The fourth-order valence-corrected chi connectivity index (χ4v) is 0.600. The highest BCUT2D eigenvalue weighted by Crippen LogP contribution is 2.14. The van der Waals surface area contributed by atoms with Crippen LogP contribution in [0.5, 0.6) is 0 Å². The average Bonchev–Trinajstić information content (AvgIpc) is 2.06. The maximum absolute atomic E-state index is 12.4. The van der Waals surface area contributed by atoms with Crippen LogP contribution in [0.15, 0.2) is 24.3 Å². The number of amides is 1. The SMILES string of the molecule is NC=O.O=[N+]([O-])c1ccccc1F. The Hall–Kier alpha value is -1.98. The molecule has 0 fully saturated rings. The quantitative estimate of drug-likeness (QED) is 0.400. The fraction of sp³-hybridized carbons (Fsp3) is 0. The van der Waals surface area contributed by atoms with E-state index in [0.717, 1.165) is 12.1 Å². The Morgan fingerprint density at radius 3 is 2.23 bits per heavy atom. The van der Waals surface area contributed by atoms with Gasteiger partial charge in [0, 0.05) is 6.07 Å². The number of hydrogen-bond acceptors (Lipinski definition) is 3. The van der Waals surface area contributed by atoms with Gasteiger partial charge in [-0.3, -0.25) is 14.9 Å². The van der Waals surface area contributed by atoms with Crippen LogP contribution in [0.3, 0.4) is 0 Å². The van der Waals surface area contributed by atoms with Crippen LogP contribution >= 0.6 is 0 Å².